The Morgan fingerprint density at radius 3 is 2.36 bits per heavy atom. The number of ketones is 3. The molecular weight excluding hydrogens is 276 g/mol. The molecule has 0 N–H and O–H groups in total. The number of carbonyl (C=O) groups excluding carboxylic acids is 3. The van der Waals surface area contributed by atoms with Crippen LogP contribution in [0.25, 0.3) is 10.8 Å². The predicted octanol–water partition coefficient (Wildman–Crippen LogP) is 3.62. The molecule has 0 saturated carbocycles. The van der Waals surface area contributed by atoms with Gasteiger partial charge in [0, 0.05) is 11.1 Å². The van der Waals surface area contributed by atoms with Gasteiger partial charge in [-0.25, -0.2) is 0 Å². The summed E-state index contributed by atoms with van der Waals surface area (Å²) in [5.41, 5.74) is -0.180. The Hall–Kier alpha value is -2.55. The highest BCUT2D eigenvalue weighted by Crippen LogP contribution is 2.38. The van der Waals surface area contributed by atoms with E-state index in [4.69, 9.17) is 0 Å². The van der Waals surface area contributed by atoms with Crippen LogP contribution in [0.4, 0.5) is 0 Å². The van der Waals surface area contributed by atoms with Gasteiger partial charge >= 0.3 is 0 Å². The Bertz CT molecular complexity index is 843. The predicted molar refractivity (Wildman–Crippen MR) is 85.1 cm³/mol. The van der Waals surface area contributed by atoms with Crippen LogP contribution in [0, 0.1) is 11.3 Å². The fraction of sp³-hybridized carbons (Fsp3) is 0.211. The summed E-state index contributed by atoms with van der Waals surface area (Å²) in [4.78, 5) is 37.9. The normalized spacial score (nSPS) is 18.5. The molecule has 22 heavy (non-hydrogen) atoms. The van der Waals surface area contributed by atoms with Gasteiger partial charge in [0.2, 0.25) is 11.6 Å². The van der Waals surface area contributed by atoms with Crippen LogP contribution >= 0.6 is 0 Å². The first kappa shape index (κ1) is 14.4. The van der Waals surface area contributed by atoms with Crippen LogP contribution in [0.15, 0.2) is 49.1 Å². The van der Waals surface area contributed by atoms with Crippen LogP contribution in [0.2, 0.25) is 0 Å². The van der Waals surface area contributed by atoms with Crippen molar-refractivity contribution in [3.05, 3.63) is 60.2 Å². The summed E-state index contributed by atoms with van der Waals surface area (Å²) in [6, 6.07) is 10.7. The smallest absolute Gasteiger partial charge is 0.230 e. The van der Waals surface area contributed by atoms with Gasteiger partial charge in [0.05, 0.1) is 5.92 Å². The minimum Gasteiger partial charge on any atom is -0.293 e. The lowest BCUT2D eigenvalue weighted by Crippen LogP contribution is -2.44. The van der Waals surface area contributed by atoms with E-state index in [2.05, 4.69) is 6.58 Å². The number of benzene rings is 2. The van der Waals surface area contributed by atoms with Gasteiger partial charge in [0.15, 0.2) is 5.78 Å². The molecule has 3 nitrogen and oxygen atoms in total. The molecule has 0 amide bonds. The van der Waals surface area contributed by atoms with Gasteiger partial charge in [-0.2, -0.15) is 0 Å². The molecule has 3 heteroatoms. The molecule has 0 bridgehead atoms. The highest BCUT2D eigenvalue weighted by Gasteiger charge is 2.47. The number of hydrogen-bond acceptors (Lipinski definition) is 3. The maximum atomic E-state index is 12.8. The van der Waals surface area contributed by atoms with Crippen LogP contribution < -0.4 is 0 Å². The van der Waals surface area contributed by atoms with Gasteiger partial charge in [-0.05, 0) is 22.3 Å². The van der Waals surface area contributed by atoms with Crippen LogP contribution in [0.3, 0.4) is 0 Å². The van der Waals surface area contributed by atoms with E-state index in [9.17, 15) is 14.4 Å². The molecule has 1 unspecified atom stereocenters. The Balaban J connectivity index is 2.31. The van der Waals surface area contributed by atoms with E-state index in [1.54, 1.807) is 38.1 Å². The fourth-order valence-electron chi connectivity index (χ4n) is 3.04. The SMILES string of the molecule is C=CC(C)(C)C1C(=O)C(=O)c2c(ccc3ccccc23)C1=O. The minimum absolute atomic E-state index is 0.240. The number of Topliss-reactive ketones (excluding diaryl/α,β-unsaturated/α-hetero) is 3. The summed E-state index contributed by atoms with van der Waals surface area (Å²) in [6.07, 6.45) is 1.56. The van der Waals surface area contributed by atoms with Gasteiger partial charge < -0.3 is 0 Å². The lowest BCUT2D eigenvalue weighted by Gasteiger charge is -2.32. The lowest BCUT2D eigenvalue weighted by atomic mass is 9.67. The molecule has 0 saturated heterocycles. The molecule has 110 valence electrons. The van der Waals surface area contributed by atoms with Crippen molar-refractivity contribution in [3.63, 3.8) is 0 Å². The Labute approximate surface area is 128 Å². The molecule has 0 radical (unpaired) electrons. The number of fused-ring (bicyclic) bond motifs is 3. The van der Waals surface area contributed by atoms with Crippen molar-refractivity contribution < 1.29 is 14.4 Å². The summed E-state index contributed by atoms with van der Waals surface area (Å²) >= 11 is 0. The van der Waals surface area contributed by atoms with E-state index in [-0.39, 0.29) is 11.3 Å². The Morgan fingerprint density at radius 2 is 1.68 bits per heavy atom. The first-order chi connectivity index (χ1) is 10.4. The second-order valence-electron chi connectivity index (χ2n) is 6.23. The second kappa shape index (κ2) is 4.73. The number of hydrogen-bond donors (Lipinski definition) is 0. The molecule has 1 aliphatic rings. The fourth-order valence-corrected chi connectivity index (χ4v) is 3.04. The summed E-state index contributed by atoms with van der Waals surface area (Å²) in [5, 5.41) is 1.50. The molecule has 0 aliphatic heterocycles. The van der Waals surface area contributed by atoms with Gasteiger partial charge in [0.25, 0.3) is 0 Å². The van der Waals surface area contributed by atoms with Crippen LogP contribution in [-0.4, -0.2) is 17.3 Å². The van der Waals surface area contributed by atoms with E-state index in [0.29, 0.717) is 10.9 Å². The van der Waals surface area contributed by atoms with E-state index in [1.165, 1.54) is 0 Å². The summed E-state index contributed by atoms with van der Waals surface area (Å²) in [6.45, 7) is 7.19. The maximum Gasteiger partial charge on any atom is 0.230 e. The Morgan fingerprint density at radius 1 is 1.00 bits per heavy atom. The van der Waals surface area contributed by atoms with E-state index in [1.807, 2.05) is 18.2 Å². The molecule has 2 aromatic carbocycles. The summed E-state index contributed by atoms with van der Waals surface area (Å²) in [7, 11) is 0. The van der Waals surface area contributed by atoms with Crippen molar-refractivity contribution in [3.8, 4) is 0 Å². The molecule has 2 aromatic rings. The third-order valence-electron chi connectivity index (χ3n) is 4.44. The lowest BCUT2D eigenvalue weighted by molar-refractivity contribution is -0.119. The van der Waals surface area contributed by atoms with Gasteiger partial charge in [-0.1, -0.05) is 50.3 Å². The van der Waals surface area contributed by atoms with Crippen molar-refractivity contribution in [2.24, 2.45) is 11.3 Å². The first-order valence-corrected chi connectivity index (χ1v) is 7.16. The van der Waals surface area contributed by atoms with Gasteiger partial charge in [-0.15, -0.1) is 6.58 Å². The van der Waals surface area contributed by atoms with Crippen LogP contribution in [0.1, 0.15) is 34.6 Å². The van der Waals surface area contributed by atoms with Crippen molar-refractivity contribution in [1.82, 2.24) is 0 Å². The highest BCUT2D eigenvalue weighted by atomic mass is 16.2. The molecule has 1 aliphatic carbocycles. The average molecular weight is 292 g/mol. The van der Waals surface area contributed by atoms with Crippen molar-refractivity contribution >= 4 is 28.1 Å². The largest absolute Gasteiger partial charge is 0.293 e. The summed E-state index contributed by atoms with van der Waals surface area (Å²) < 4.78 is 0. The monoisotopic (exact) mass is 292 g/mol. The van der Waals surface area contributed by atoms with Gasteiger partial charge in [-0.3, -0.25) is 14.4 Å². The second-order valence-corrected chi connectivity index (χ2v) is 6.23. The Kier molecular flexibility index (Phi) is 3.10. The zero-order valence-electron chi connectivity index (χ0n) is 12.6. The first-order valence-electron chi connectivity index (χ1n) is 7.16. The molecule has 0 aromatic heterocycles. The number of allylic oxidation sites excluding steroid dienone is 1. The minimum atomic E-state index is -0.994. The van der Waals surface area contributed by atoms with Crippen molar-refractivity contribution in [1.29, 1.82) is 0 Å². The topological polar surface area (TPSA) is 51.2 Å². The quantitative estimate of drug-likeness (QED) is 0.482. The van der Waals surface area contributed by atoms with Crippen molar-refractivity contribution in [2.75, 3.05) is 0 Å². The molecule has 0 fully saturated rings. The zero-order valence-corrected chi connectivity index (χ0v) is 12.6. The van der Waals surface area contributed by atoms with Gasteiger partial charge in [0.1, 0.15) is 0 Å². The van der Waals surface area contributed by atoms with E-state index < -0.39 is 22.9 Å². The van der Waals surface area contributed by atoms with E-state index >= 15 is 0 Å². The molecule has 3 rings (SSSR count). The summed E-state index contributed by atoms with van der Waals surface area (Å²) in [5.74, 6) is -2.51. The zero-order chi connectivity index (χ0) is 16.1. The standard InChI is InChI=1S/C19H16O3/c1-4-19(2,3)15-16(20)13-10-9-11-7-5-6-8-12(11)14(13)17(21)18(15)22/h4-10,15H,1H2,2-3H3. The molecule has 0 heterocycles. The highest BCUT2D eigenvalue weighted by molar-refractivity contribution is 6.53. The van der Waals surface area contributed by atoms with E-state index in [0.717, 1.165) is 5.39 Å². The third kappa shape index (κ3) is 1.86. The van der Waals surface area contributed by atoms with Crippen molar-refractivity contribution in [2.45, 2.75) is 13.8 Å². The molecular formula is C19H16O3. The third-order valence-corrected chi connectivity index (χ3v) is 4.44. The number of rotatable bonds is 2. The molecule has 0 spiro atoms. The van der Waals surface area contributed by atoms with Crippen LogP contribution in [-0.2, 0) is 4.79 Å². The molecule has 1 atom stereocenters. The maximum absolute atomic E-state index is 12.8. The average Bonchev–Trinajstić information content (AvgIpc) is 2.51. The number of carbonyl (C=O) groups is 3. The van der Waals surface area contributed by atoms with Crippen LogP contribution in [0.5, 0.6) is 0 Å².